The van der Waals surface area contributed by atoms with Crippen LogP contribution in [0.1, 0.15) is 33.6 Å². The first-order valence-electron chi connectivity index (χ1n) is 5.00. The van der Waals surface area contributed by atoms with Gasteiger partial charge in [0.15, 0.2) is 0 Å². The molecule has 0 radical (unpaired) electrons. The monoisotopic (exact) mass is 185 g/mol. The van der Waals surface area contributed by atoms with Crippen LogP contribution in [0.2, 0.25) is 0 Å². The zero-order valence-electron chi connectivity index (χ0n) is 8.66. The van der Waals surface area contributed by atoms with Gasteiger partial charge in [0, 0.05) is 12.1 Å². The van der Waals surface area contributed by atoms with Gasteiger partial charge in [0.05, 0.1) is 6.54 Å². The highest BCUT2D eigenvalue weighted by molar-refractivity contribution is 5.69. The predicted octanol–water partition coefficient (Wildman–Crippen LogP) is 1.58. The van der Waals surface area contributed by atoms with Crippen LogP contribution in [-0.2, 0) is 4.79 Å². The Labute approximate surface area is 79.7 Å². The average molecular weight is 185 g/mol. The van der Waals surface area contributed by atoms with Gasteiger partial charge in [-0.1, -0.05) is 13.8 Å². The lowest BCUT2D eigenvalue weighted by molar-refractivity contribution is -0.139. The molecule has 0 saturated heterocycles. The van der Waals surface area contributed by atoms with Crippen molar-refractivity contribution in [1.29, 1.82) is 0 Å². The number of carbonyl (C=O) groups is 1. The van der Waals surface area contributed by atoms with Crippen molar-refractivity contribution in [2.45, 2.75) is 45.7 Å². The van der Waals surface area contributed by atoms with Crippen LogP contribution in [0.5, 0.6) is 0 Å². The number of hydrogen-bond donors (Lipinski definition) is 1. The number of hydrogen-bond acceptors (Lipinski definition) is 2. The molecule has 0 aliphatic heterocycles. The van der Waals surface area contributed by atoms with Gasteiger partial charge in [0.25, 0.3) is 0 Å². The molecule has 1 aliphatic carbocycles. The van der Waals surface area contributed by atoms with Gasteiger partial charge in [-0.2, -0.15) is 0 Å². The summed E-state index contributed by atoms with van der Waals surface area (Å²) in [5, 5.41) is 8.75. The maximum absolute atomic E-state index is 10.6. The summed E-state index contributed by atoms with van der Waals surface area (Å²) >= 11 is 0. The van der Waals surface area contributed by atoms with Crippen LogP contribution in [0, 0.1) is 5.92 Å². The second kappa shape index (κ2) is 4.09. The summed E-state index contributed by atoms with van der Waals surface area (Å²) in [4.78, 5) is 12.7. The zero-order chi connectivity index (χ0) is 10.0. The van der Waals surface area contributed by atoms with Gasteiger partial charge in [-0.05, 0) is 25.7 Å². The van der Waals surface area contributed by atoms with Gasteiger partial charge in [-0.15, -0.1) is 0 Å². The minimum Gasteiger partial charge on any atom is -0.480 e. The molecule has 1 rings (SSSR count). The molecule has 1 fully saturated rings. The second-order valence-electron chi connectivity index (χ2n) is 4.28. The standard InChI is InChI=1S/C10H19NO2/c1-7(2)8(3)11(6-10(12)13)9-4-5-9/h7-9H,4-6H2,1-3H3,(H,12,13). The van der Waals surface area contributed by atoms with E-state index in [0.29, 0.717) is 18.0 Å². The SMILES string of the molecule is CC(C)C(C)N(CC(=O)O)C1CC1. The maximum atomic E-state index is 10.6. The Morgan fingerprint density at radius 1 is 1.46 bits per heavy atom. The summed E-state index contributed by atoms with van der Waals surface area (Å²) in [7, 11) is 0. The molecule has 76 valence electrons. The van der Waals surface area contributed by atoms with Gasteiger partial charge in [-0.25, -0.2) is 0 Å². The number of aliphatic carboxylic acids is 1. The molecule has 0 aromatic carbocycles. The van der Waals surface area contributed by atoms with Crippen molar-refractivity contribution in [3.05, 3.63) is 0 Å². The fourth-order valence-electron chi connectivity index (χ4n) is 1.55. The molecule has 0 aromatic heterocycles. The first-order valence-corrected chi connectivity index (χ1v) is 5.00. The lowest BCUT2D eigenvalue weighted by Crippen LogP contribution is -2.41. The van der Waals surface area contributed by atoms with Crippen LogP contribution < -0.4 is 0 Å². The Morgan fingerprint density at radius 3 is 2.31 bits per heavy atom. The van der Waals surface area contributed by atoms with Gasteiger partial charge in [0.2, 0.25) is 0 Å². The van der Waals surface area contributed by atoms with E-state index in [1.54, 1.807) is 0 Å². The van der Waals surface area contributed by atoms with E-state index in [1.165, 1.54) is 12.8 Å². The predicted molar refractivity (Wildman–Crippen MR) is 51.7 cm³/mol. The molecule has 1 N–H and O–H groups in total. The topological polar surface area (TPSA) is 40.5 Å². The van der Waals surface area contributed by atoms with Crippen LogP contribution in [0.3, 0.4) is 0 Å². The molecule has 1 unspecified atom stereocenters. The Balaban J connectivity index is 2.50. The summed E-state index contributed by atoms with van der Waals surface area (Å²) in [5.74, 6) is -0.181. The summed E-state index contributed by atoms with van der Waals surface area (Å²) in [6, 6.07) is 0.914. The van der Waals surface area contributed by atoms with Crippen molar-refractivity contribution in [2.24, 2.45) is 5.92 Å². The molecule has 1 atom stereocenters. The summed E-state index contributed by atoms with van der Waals surface area (Å²) in [5.41, 5.74) is 0. The molecule has 0 amide bonds. The fourth-order valence-corrected chi connectivity index (χ4v) is 1.55. The molecule has 1 saturated carbocycles. The highest BCUT2D eigenvalue weighted by Gasteiger charge is 2.34. The Hall–Kier alpha value is -0.570. The Morgan fingerprint density at radius 2 is 2.00 bits per heavy atom. The van der Waals surface area contributed by atoms with Gasteiger partial charge in [0.1, 0.15) is 0 Å². The highest BCUT2D eigenvalue weighted by Crippen LogP contribution is 2.30. The first kappa shape index (κ1) is 10.5. The molecule has 3 heteroatoms. The lowest BCUT2D eigenvalue weighted by Gasteiger charge is -2.30. The molecule has 0 heterocycles. The van der Waals surface area contributed by atoms with E-state index in [9.17, 15) is 4.79 Å². The molecule has 13 heavy (non-hydrogen) atoms. The van der Waals surface area contributed by atoms with Gasteiger partial charge in [-0.3, -0.25) is 9.69 Å². The van der Waals surface area contributed by atoms with Gasteiger partial charge >= 0.3 is 5.97 Å². The quantitative estimate of drug-likeness (QED) is 0.707. The largest absolute Gasteiger partial charge is 0.480 e. The molecule has 0 bridgehead atoms. The summed E-state index contributed by atoms with van der Waals surface area (Å²) in [6.07, 6.45) is 2.34. The van der Waals surface area contributed by atoms with E-state index < -0.39 is 5.97 Å². The molecule has 1 aliphatic rings. The fraction of sp³-hybridized carbons (Fsp3) is 0.900. The summed E-state index contributed by atoms with van der Waals surface area (Å²) in [6.45, 7) is 6.60. The van der Waals surface area contributed by atoms with Gasteiger partial charge < -0.3 is 5.11 Å². The lowest BCUT2D eigenvalue weighted by atomic mass is 10.0. The number of rotatable bonds is 5. The molecule has 0 aromatic rings. The third kappa shape index (κ3) is 2.99. The number of carboxylic acid groups (broad SMARTS) is 1. The average Bonchev–Trinajstić information content (AvgIpc) is 2.80. The van der Waals surface area contributed by atoms with Crippen molar-refractivity contribution < 1.29 is 9.90 Å². The Kier molecular flexibility index (Phi) is 3.31. The van der Waals surface area contributed by atoms with Crippen LogP contribution in [0.25, 0.3) is 0 Å². The normalized spacial score (nSPS) is 19.5. The van der Waals surface area contributed by atoms with Crippen LogP contribution >= 0.6 is 0 Å². The van der Waals surface area contributed by atoms with Crippen LogP contribution in [-0.4, -0.2) is 34.6 Å². The second-order valence-corrected chi connectivity index (χ2v) is 4.28. The van der Waals surface area contributed by atoms with E-state index in [1.807, 2.05) is 0 Å². The van der Waals surface area contributed by atoms with Crippen molar-refractivity contribution in [3.63, 3.8) is 0 Å². The smallest absolute Gasteiger partial charge is 0.317 e. The highest BCUT2D eigenvalue weighted by atomic mass is 16.4. The van der Waals surface area contributed by atoms with Crippen molar-refractivity contribution in [2.75, 3.05) is 6.54 Å². The van der Waals surface area contributed by atoms with Crippen molar-refractivity contribution in [3.8, 4) is 0 Å². The molecule has 0 spiro atoms. The Bertz CT molecular complexity index is 187. The summed E-state index contributed by atoms with van der Waals surface area (Å²) < 4.78 is 0. The third-order valence-electron chi connectivity index (χ3n) is 2.82. The van der Waals surface area contributed by atoms with E-state index in [0.717, 1.165) is 0 Å². The molecule has 3 nitrogen and oxygen atoms in total. The first-order chi connectivity index (χ1) is 6.02. The van der Waals surface area contributed by atoms with Crippen molar-refractivity contribution >= 4 is 5.97 Å². The molecular formula is C10H19NO2. The van der Waals surface area contributed by atoms with Crippen molar-refractivity contribution in [1.82, 2.24) is 4.90 Å². The van der Waals surface area contributed by atoms with Crippen LogP contribution in [0.4, 0.5) is 0 Å². The minimum absolute atomic E-state index is 0.198. The van der Waals surface area contributed by atoms with E-state index in [-0.39, 0.29) is 6.54 Å². The maximum Gasteiger partial charge on any atom is 0.317 e. The number of carboxylic acids is 1. The van der Waals surface area contributed by atoms with Crippen LogP contribution in [0.15, 0.2) is 0 Å². The van der Waals surface area contributed by atoms with E-state index in [4.69, 9.17) is 5.11 Å². The number of nitrogens with zero attached hydrogens (tertiary/aromatic N) is 1. The third-order valence-corrected chi connectivity index (χ3v) is 2.82. The van der Waals surface area contributed by atoms with E-state index in [2.05, 4.69) is 25.7 Å². The minimum atomic E-state index is -0.709. The molecular weight excluding hydrogens is 166 g/mol. The zero-order valence-corrected chi connectivity index (χ0v) is 8.66. The van der Waals surface area contributed by atoms with E-state index >= 15 is 0 Å².